The van der Waals surface area contributed by atoms with Crippen LogP contribution in [0.3, 0.4) is 0 Å². The molecule has 1 amide bonds. The molecule has 4 N–H and O–H groups in total. The summed E-state index contributed by atoms with van der Waals surface area (Å²) in [6.07, 6.45) is 9.54. The van der Waals surface area contributed by atoms with Gasteiger partial charge in [0.25, 0.3) is 5.91 Å². The second-order valence-electron chi connectivity index (χ2n) is 8.76. The SMILES string of the molecule is CON(C)C(=O)C1=CC(N2CCOCC2C)Nc2c1ccnc2C(=CC=N)[NH2+]C1CCCCO1. The van der Waals surface area contributed by atoms with Crippen LogP contribution in [0.5, 0.6) is 0 Å². The molecule has 0 aromatic carbocycles. The summed E-state index contributed by atoms with van der Waals surface area (Å²) in [7, 11) is 3.08. The number of likely N-dealkylation sites (N-methyl/N-ethyl adjacent to an activating group) is 1. The summed E-state index contributed by atoms with van der Waals surface area (Å²) in [5.74, 6) is -0.231. The first kappa shape index (κ1) is 24.5. The number of nitrogens with two attached hydrogens (primary N) is 1. The zero-order chi connectivity index (χ0) is 24.1. The Labute approximate surface area is 200 Å². The van der Waals surface area contributed by atoms with Gasteiger partial charge in [0.15, 0.2) is 11.9 Å². The molecule has 3 unspecified atom stereocenters. The molecule has 0 bridgehead atoms. The van der Waals surface area contributed by atoms with Gasteiger partial charge in [-0.3, -0.25) is 19.8 Å². The molecule has 2 fully saturated rings. The standard InChI is InChI=1S/C24H34N6O4/c1-16-15-33-13-11-30(16)20-14-18(24(31)29(2)32-3)17-8-10-26-23(22(17)28-20)19(7-9-25)27-21-6-4-5-12-34-21/h7-10,14,16,20-21,25,27-28H,4-6,11-13,15H2,1-3H3/p+1. The quantitative estimate of drug-likeness (QED) is 0.402. The first-order valence-electron chi connectivity index (χ1n) is 11.8. The Morgan fingerprint density at radius 1 is 1.41 bits per heavy atom. The first-order chi connectivity index (χ1) is 16.5. The average Bonchev–Trinajstić information content (AvgIpc) is 2.87. The van der Waals surface area contributed by atoms with Crippen molar-refractivity contribution in [2.75, 3.05) is 45.8 Å². The number of hydrogen-bond acceptors (Lipinski definition) is 8. The topological polar surface area (TPSA) is 117 Å². The van der Waals surface area contributed by atoms with Crippen molar-refractivity contribution in [2.45, 2.75) is 44.6 Å². The fourth-order valence-electron chi connectivity index (χ4n) is 4.66. The Kier molecular flexibility index (Phi) is 8.07. The summed E-state index contributed by atoms with van der Waals surface area (Å²) in [6.45, 7) is 4.86. The second-order valence-corrected chi connectivity index (χ2v) is 8.76. The van der Waals surface area contributed by atoms with Gasteiger partial charge in [-0.05, 0) is 31.9 Å². The molecule has 3 aliphatic heterocycles. The number of aromatic nitrogens is 1. The Morgan fingerprint density at radius 2 is 2.26 bits per heavy atom. The van der Waals surface area contributed by atoms with Gasteiger partial charge in [-0.25, -0.2) is 10.0 Å². The maximum Gasteiger partial charge on any atom is 0.277 e. The highest BCUT2D eigenvalue weighted by Gasteiger charge is 2.34. The number of carbonyl (C=O) groups is 1. The van der Waals surface area contributed by atoms with Crippen LogP contribution in [-0.2, 0) is 19.1 Å². The molecule has 3 aliphatic rings. The van der Waals surface area contributed by atoms with Gasteiger partial charge in [-0.1, -0.05) is 0 Å². The number of hydrogen-bond donors (Lipinski definition) is 3. The number of fused-ring (bicyclic) bond motifs is 1. The van der Waals surface area contributed by atoms with E-state index in [4.69, 9.17) is 19.7 Å². The van der Waals surface area contributed by atoms with E-state index in [9.17, 15) is 4.79 Å². The summed E-state index contributed by atoms with van der Waals surface area (Å²) in [5.41, 5.74) is 3.56. The van der Waals surface area contributed by atoms with Crippen LogP contribution in [0.2, 0.25) is 0 Å². The number of amides is 1. The van der Waals surface area contributed by atoms with Gasteiger partial charge < -0.3 is 20.2 Å². The lowest BCUT2D eigenvalue weighted by Crippen LogP contribution is -2.88. The molecule has 1 aromatic heterocycles. The fourth-order valence-corrected chi connectivity index (χ4v) is 4.66. The van der Waals surface area contributed by atoms with Crippen LogP contribution in [-0.4, -0.2) is 86.0 Å². The Morgan fingerprint density at radius 3 is 2.97 bits per heavy atom. The number of morpholine rings is 1. The van der Waals surface area contributed by atoms with E-state index in [0.29, 0.717) is 24.5 Å². The van der Waals surface area contributed by atoms with E-state index in [0.717, 1.165) is 49.4 Å². The van der Waals surface area contributed by atoms with E-state index in [-0.39, 0.29) is 24.3 Å². The van der Waals surface area contributed by atoms with Crippen molar-refractivity contribution < 1.29 is 24.4 Å². The molecule has 184 valence electrons. The number of nitrogens with zero attached hydrogens (tertiary/aromatic N) is 3. The molecule has 10 nitrogen and oxygen atoms in total. The summed E-state index contributed by atoms with van der Waals surface area (Å²) in [6, 6.07) is 2.02. The van der Waals surface area contributed by atoms with Gasteiger partial charge in [0.05, 0.1) is 38.2 Å². The molecule has 4 rings (SSSR count). The van der Waals surface area contributed by atoms with Crippen LogP contribution < -0.4 is 10.6 Å². The molecular formula is C24H35N6O4+. The molecule has 0 spiro atoms. The summed E-state index contributed by atoms with van der Waals surface area (Å²) in [5, 5.41) is 14.6. The minimum Gasteiger partial charge on any atom is -0.379 e. The largest absolute Gasteiger partial charge is 0.379 e. The highest BCUT2D eigenvalue weighted by atomic mass is 16.7. The molecule has 34 heavy (non-hydrogen) atoms. The number of ether oxygens (including phenoxy) is 2. The number of allylic oxidation sites excluding steroid dienone is 1. The van der Waals surface area contributed by atoms with E-state index < -0.39 is 0 Å². The number of hydroxylamine groups is 2. The fraction of sp³-hybridized carbons (Fsp3) is 0.542. The maximum absolute atomic E-state index is 13.3. The number of carbonyl (C=O) groups excluding carboxylic acids is 1. The maximum atomic E-state index is 13.3. The van der Waals surface area contributed by atoms with Crippen LogP contribution in [0.25, 0.3) is 11.3 Å². The molecule has 10 heteroatoms. The predicted molar refractivity (Wildman–Crippen MR) is 129 cm³/mol. The summed E-state index contributed by atoms with van der Waals surface area (Å²) >= 11 is 0. The van der Waals surface area contributed by atoms with Gasteiger partial charge in [0.1, 0.15) is 11.9 Å². The number of nitrogens with one attached hydrogen (secondary N) is 2. The zero-order valence-electron chi connectivity index (χ0n) is 20.1. The monoisotopic (exact) mass is 471 g/mol. The first-order valence-corrected chi connectivity index (χ1v) is 11.8. The summed E-state index contributed by atoms with van der Waals surface area (Å²) < 4.78 is 11.6. The van der Waals surface area contributed by atoms with Crippen molar-refractivity contribution in [3.63, 3.8) is 0 Å². The van der Waals surface area contributed by atoms with Crippen molar-refractivity contribution in [3.8, 4) is 0 Å². The molecule has 3 atom stereocenters. The van der Waals surface area contributed by atoms with E-state index in [1.165, 1.54) is 18.4 Å². The van der Waals surface area contributed by atoms with Gasteiger partial charge in [-0.2, -0.15) is 0 Å². The third-order valence-electron chi connectivity index (χ3n) is 6.54. The lowest BCUT2D eigenvalue weighted by molar-refractivity contribution is -0.653. The molecule has 4 heterocycles. The van der Waals surface area contributed by atoms with E-state index in [1.807, 2.05) is 17.5 Å². The molecule has 0 aliphatic carbocycles. The Bertz CT molecular complexity index is 959. The van der Waals surface area contributed by atoms with Gasteiger partial charge in [0.2, 0.25) is 0 Å². The highest BCUT2D eigenvalue weighted by Crippen LogP contribution is 2.35. The van der Waals surface area contributed by atoms with Crippen molar-refractivity contribution in [3.05, 3.63) is 35.7 Å². The minimum atomic E-state index is -0.231. The molecule has 0 saturated carbocycles. The van der Waals surface area contributed by atoms with Gasteiger partial charge in [-0.15, -0.1) is 0 Å². The lowest BCUT2D eigenvalue weighted by atomic mass is 9.96. The van der Waals surface area contributed by atoms with Crippen LogP contribution in [0.15, 0.2) is 24.4 Å². The third kappa shape index (κ3) is 5.21. The molecular weight excluding hydrogens is 436 g/mol. The van der Waals surface area contributed by atoms with Crippen LogP contribution in [0.4, 0.5) is 5.69 Å². The number of anilines is 1. The van der Waals surface area contributed by atoms with Crippen LogP contribution in [0.1, 0.15) is 37.4 Å². The predicted octanol–water partition coefficient (Wildman–Crippen LogP) is 1.04. The van der Waals surface area contributed by atoms with E-state index in [1.54, 1.807) is 19.3 Å². The van der Waals surface area contributed by atoms with Crippen molar-refractivity contribution in [1.82, 2.24) is 14.9 Å². The zero-order valence-corrected chi connectivity index (χ0v) is 20.1. The second kappa shape index (κ2) is 11.2. The van der Waals surface area contributed by atoms with Gasteiger partial charge in [0, 0.05) is 50.1 Å². The highest BCUT2D eigenvalue weighted by molar-refractivity contribution is 6.21. The summed E-state index contributed by atoms with van der Waals surface area (Å²) in [4.78, 5) is 25.5. The number of quaternary nitrogens is 1. The van der Waals surface area contributed by atoms with Crippen LogP contribution in [0, 0.1) is 5.41 Å². The van der Waals surface area contributed by atoms with E-state index in [2.05, 4.69) is 22.1 Å². The number of pyridine rings is 1. The van der Waals surface area contributed by atoms with Crippen molar-refractivity contribution in [1.29, 1.82) is 5.41 Å². The molecule has 1 aromatic rings. The Balaban J connectivity index is 1.75. The average molecular weight is 472 g/mol. The Hall–Kier alpha value is -2.63. The van der Waals surface area contributed by atoms with E-state index >= 15 is 0 Å². The molecule has 0 radical (unpaired) electrons. The normalized spacial score (nSPS) is 25.7. The third-order valence-corrected chi connectivity index (χ3v) is 6.54. The van der Waals surface area contributed by atoms with Crippen LogP contribution >= 0.6 is 0 Å². The van der Waals surface area contributed by atoms with Gasteiger partial charge >= 0.3 is 0 Å². The smallest absolute Gasteiger partial charge is 0.277 e. The lowest BCUT2D eigenvalue weighted by Gasteiger charge is -2.41. The number of rotatable bonds is 7. The van der Waals surface area contributed by atoms with Crippen molar-refractivity contribution in [2.24, 2.45) is 0 Å². The van der Waals surface area contributed by atoms with Crippen molar-refractivity contribution >= 4 is 29.1 Å². The minimum absolute atomic E-state index is 0.0208. The molecule has 2 saturated heterocycles.